The first-order valence-electron chi connectivity index (χ1n) is 4.12. The van der Waals surface area contributed by atoms with Crippen LogP contribution in [0.25, 0.3) is 11.1 Å². The van der Waals surface area contributed by atoms with Crippen LogP contribution in [0.4, 0.5) is 5.69 Å². The van der Waals surface area contributed by atoms with E-state index in [1.165, 1.54) is 0 Å². The Morgan fingerprint density at radius 3 is 2.27 bits per heavy atom. The molecule has 2 rings (SSSR count). The van der Waals surface area contributed by atoms with E-state index in [4.69, 9.17) is 5.73 Å². The molecule has 2 nitrogen and oxygen atoms in total. The summed E-state index contributed by atoms with van der Waals surface area (Å²) in [6.45, 7) is 0. The Hall–Kier alpha value is -1.25. The molecular formula is C11H12Cl2N2. The summed E-state index contributed by atoms with van der Waals surface area (Å²) in [5.74, 6) is 0. The van der Waals surface area contributed by atoms with E-state index in [0.29, 0.717) is 0 Å². The number of aromatic nitrogens is 1. The largest absolute Gasteiger partial charge is 0.399 e. The lowest BCUT2D eigenvalue weighted by Gasteiger charge is -2.00. The zero-order chi connectivity index (χ0) is 9.10. The molecule has 1 aromatic carbocycles. The van der Waals surface area contributed by atoms with Gasteiger partial charge < -0.3 is 5.73 Å². The van der Waals surface area contributed by atoms with Gasteiger partial charge in [-0.05, 0) is 23.8 Å². The number of hydrogen-bond donors (Lipinski definition) is 1. The van der Waals surface area contributed by atoms with Gasteiger partial charge in [-0.3, -0.25) is 4.98 Å². The predicted octanol–water partition coefficient (Wildman–Crippen LogP) is 3.17. The van der Waals surface area contributed by atoms with E-state index in [1.54, 1.807) is 6.20 Å². The van der Waals surface area contributed by atoms with Crippen LogP contribution in [-0.4, -0.2) is 4.98 Å². The Labute approximate surface area is 101 Å². The average molecular weight is 243 g/mol. The van der Waals surface area contributed by atoms with Crippen molar-refractivity contribution in [2.45, 2.75) is 0 Å². The van der Waals surface area contributed by atoms with Gasteiger partial charge in [0.2, 0.25) is 0 Å². The molecule has 15 heavy (non-hydrogen) atoms. The molecule has 0 fully saturated rings. The smallest absolute Gasteiger partial charge is 0.0346 e. The second kappa shape index (κ2) is 6.27. The Kier molecular flexibility index (Phi) is 5.75. The highest BCUT2D eigenvalue weighted by molar-refractivity contribution is 5.85. The van der Waals surface area contributed by atoms with Gasteiger partial charge in [0.25, 0.3) is 0 Å². The van der Waals surface area contributed by atoms with Gasteiger partial charge in [-0.15, -0.1) is 24.8 Å². The molecule has 0 aliphatic heterocycles. The molecule has 0 aliphatic carbocycles. The molecule has 2 aromatic rings. The van der Waals surface area contributed by atoms with E-state index in [9.17, 15) is 0 Å². The van der Waals surface area contributed by atoms with Crippen LogP contribution in [0.1, 0.15) is 0 Å². The zero-order valence-electron chi connectivity index (χ0n) is 7.96. The van der Waals surface area contributed by atoms with Crippen LogP contribution in [0, 0.1) is 0 Å². The molecule has 0 saturated carbocycles. The predicted molar refractivity (Wildman–Crippen MR) is 68.6 cm³/mol. The Bertz CT molecular complexity index is 404. The molecule has 0 bridgehead atoms. The molecule has 1 aromatic heterocycles. The van der Waals surface area contributed by atoms with Crippen LogP contribution in [-0.2, 0) is 0 Å². The quantitative estimate of drug-likeness (QED) is 0.781. The van der Waals surface area contributed by atoms with E-state index < -0.39 is 0 Å². The van der Waals surface area contributed by atoms with Crippen molar-refractivity contribution in [2.75, 3.05) is 5.73 Å². The fourth-order valence-corrected chi connectivity index (χ4v) is 1.25. The summed E-state index contributed by atoms with van der Waals surface area (Å²) in [6.07, 6.45) is 3.59. The average Bonchev–Trinajstić information content (AvgIpc) is 2.19. The van der Waals surface area contributed by atoms with Crippen LogP contribution >= 0.6 is 24.8 Å². The molecule has 0 spiro atoms. The van der Waals surface area contributed by atoms with Crippen molar-refractivity contribution < 1.29 is 0 Å². The SMILES string of the molecule is Cl.Cl.Nc1cccc(-c2cccnc2)c1. The lowest BCUT2D eigenvalue weighted by atomic mass is 10.1. The van der Waals surface area contributed by atoms with Crippen LogP contribution < -0.4 is 5.73 Å². The summed E-state index contributed by atoms with van der Waals surface area (Å²) in [5, 5.41) is 0. The van der Waals surface area contributed by atoms with Crippen LogP contribution in [0.5, 0.6) is 0 Å². The van der Waals surface area contributed by atoms with E-state index in [0.717, 1.165) is 16.8 Å². The highest BCUT2D eigenvalue weighted by Gasteiger charge is 1.95. The van der Waals surface area contributed by atoms with Crippen LogP contribution in [0.3, 0.4) is 0 Å². The van der Waals surface area contributed by atoms with E-state index >= 15 is 0 Å². The summed E-state index contributed by atoms with van der Waals surface area (Å²) in [7, 11) is 0. The normalized spacial score (nSPS) is 8.53. The summed E-state index contributed by atoms with van der Waals surface area (Å²) in [5.41, 5.74) is 8.65. The molecule has 0 saturated heterocycles. The second-order valence-electron chi connectivity index (χ2n) is 2.87. The number of benzene rings is 1. The third-order valence-corrected chi connectivity index (χ3v) is 1.88. The van der Waals surface area contributed by atoms with Crippen molar-refractivity contribution in [2.24, 2.45) is 0 Å². The Balaban J connectivity index is 0.000000980. The highest BCUT2D eigenvalue weighted by Crippen LogP contribution is 2.19. The fraction of sp³-hybridized carbons (Fsp3) is 0. The van der Waals surface area contributed by atoms with Crippen LogP contribution in [0.15, 0.2) is 48.8 Å². The number of nitrogen functional groups attached to an aromatic ring is 1. The standard InChI is InChI=1S/C11H10N2.2ClH/c12-11-5-1-3-9(7-11)10-4-2-6-13-8-10;;/h1-8H,12H2;2*1H. The van der Waals surface area contributed by atoms with Gasteiger partial charge in [-0.25, -0.2) is 0 Å². The van der Waals surface area contributed by atoms with Crippen molar-refractivity contribution in [3.05, 3.63) is 48.8 Å². The monoisotopic (exact) mass is 242 g/mol. The minimum absolute atomic E-state index is 0. The van der Waals surface area contributed by atoms with Crippen molar-refractivity contribution in [3.63, 3.8) is 0 Å². The number of halogens is 2. The molecule has 0 aliphatic rings. The molecular weight excluding hydrogens is 231 g/mol. The van der Waals surface area contributed by atoms with Gasteiger partial charge in [0, 0.05) is 23.6 Å². The van der Waals surface area contributed by atoms with E-state index in [2.05, 4.69) is 4.98 Å². The van der Waals surface area contributed by atoms with Gasteiger partial charge in [-0.2, -0.15) is 0 Å². The maximum Gasteiger partial charge on any atom is 0.0346 e. The lowest BCUT2D eigenvalue weighted by Crippen LogP contribution is -1.85. The third-order valence-electron chi connectivity index (χ3n) is 1.88. The van der Waals surface area contributed by atoms with Crippen molar-refractivity contribution in [3.8, 4) is 11.1 Å². The van der Waals surface area contributed by atoms with Gasteiger partial charge in [-0.1, -0.05) is 18.2 Å². The van der Waals surface area contributed by atoms with Gasteiger partial charge in [0.1, 0.15) is 0 Å². The number of pyridine rings is 1. The number of nitrogens with two attached hydrogens (primary N) is 1. The minimum Gasteiger partial charge on any atom is -0.399 e. The molecule has 2 N–H and O–H groups in total. The summed E-state index contributed by atoms with van der Waals surface area (Å²) in [4.78, 5) is 4.05. The summed E-state index contributed by atoms with van der Waals surface area (Å²) >= 11 is 0. The number of rotatable bonds is 1. The van der Waals surface area contributed by atoms with Gasteiger partial charge in [0.05, 0.1) is 0 Å². The molecule has 4 heteroatoms. The first-order valence-corrected chi connectivity index (χ1v) is 4.12. The summed E-state index contributed by atoms with van der Waals surface area (Å²) in [6, 6.07) is 11.7. The van der Waals surface area contributed by atoms with Crippen molar-refractivity contribution in [1.29, 1.82) is 0 Å². The minimum atomic E-state index is 0. The lowest BCUT2D eigenvalue weighted by molar-refractivity contribution is 1.33. The summed E-state index contributed by atoms with van der Waals surface area (Å²) < 4.78 is 0. The third kappa shape index (κ3) is 3.42. The molecule has 0 radical (unpaired) electrons. The Morgan fingerprint density at radius 1 is 0.933 bits per heavy atom. The van der Waals surface area contributed by atoms with E-state index in [-0.39, 0.29) is 24.8 Å². The molecule has 0 atom stereocenters. The maximum atomic E-state index is 5.68. The highest BCUT2D eigenvalue weighted by atomic mass is 35.5. The number of nitrogens with zero attached hydrogens (tertiary/aromatic N) is 1. The molecule has 80 valence electrons. The molecule has 0 amide bonds. The zero-order valence-corrected chi connectivity index (χ0v) is 9.59. The topological polar surface area (TPSA) is 38.9 Å². The van der Waals surface area contributed by atoms with E-state index in [1.807, 2.05) is 42.6 Å². The van der Waals surface area contributed by atoms with Crippen molar-refractivity contribution in [1.82, 2.24) is 4.98 Å². The second-order valence-corrected chi connectivity index (χ2v) is 2.87. The maximum absolute atomic E-state index is 5.68. The van der Waals surface area contributed by atoms with Gasteiger partial charge >= 0.3 is 0 Å². The van der Waals surface area contributed by atoms with Crippen molar-refractivity contribution >= 4 is 30.5 Å². The van der Waals surface area contributed by atoms with Crippen LogP contribution in [0.2, 0.25) is 0 Å². The molecule has 0 unspecified atom stereocenters. The number of anilines is 1. The first-order chi connectivity index (χ1) is 6.36. The van der Waals surface area contributed by atoms with Gasteiger partial charge in [0.15, 0.2) is 0 Å². The first kappa shape index (κ1) is 13.8. The fourth-order valence-electron chi connectivity index (χ4n) is 1.25. The Morgan fingerprint density at radius 2 is 1.67 bits per heavy atom. The number of hydrogen-bond acceptors (Lipinski definition) is 2. The molecule has 1 heterocycles.